The Labute approximate surface area is 268 Å². The molecule has 1 atom stereocenters. The standard InChI is InChI=1S/C35H31F4N7O/c1-22-12-13-40-30(22)10-6-24-17-25-19-41-34(43-32(25)46(33(24)47)20-23-4-7-26(8-5-23)35(37,38)39)42-27-9-11-31(29(36)18-27)45-16-15-44-14-2-3-28(44)21-45/h4-5,7-9,11,13,17-19,28H,2-3,12,14-16,20-21H2,1H3,(H,41,42,43). The highest BCUT2D eigenvalue weighted by Crippen LogP contribution is 2.31. The lowest BCUT2D eigenvalue weighted by Gasteiger charge is -2.39. The fourth-order valence-electron chi connectivity index (χ4n) is 6.36. The van der Waals surface area contributed by atoms with Gasteiger partial charge in [-0.2, -0.15) is 18.2 Å². The van der Waals surface area contributed by atoms with E-state index in [1.807, 2.05) is 6.92 Å². The first kappa shape index (κ1) is 30.6. The van der Waals surface area contributed by atoms with Gasteiger partial charge in [0.2, 0.25) is 5.95 Å². The van der Waals surface area contributed by atoms with Crippen LogP contribution < -0.4 is 15.8 Å². The van der Waals surface area contributed by atoms with Crippen molar-refractivity contribution in [3.05, 3.63) is 98.9 Å². The van der Waals surface area contributed by atoms with Crippen molar-refractivity contribution in [3.8, 4) is 11.8 Å². The third-order valence-electron chi connectivity index (χ3n) is 8.92. The van der Waals surface area contributed by atoms with Crippen LogP contribution in [0.25, 0.3) is 11.0 Å². The molecule has 0 saturated carbocycles. The van der Waals surface area contributed by atoms with Crippen molar-refractivity contribution in [3.63, 3.8) is 0 Å². The summed E-state index contributed by atoms with van der Waals surface area (Å²) in [4.78, 5) is 31.6. The molecule has 5 heterocycles. The lowest BCUT2D eigenvalue weighted by atomic mass is 10.1. The molecule has 2 fully saturated rings. The maximum atomic E-state index is 15.4. The summed E-state index contributed by atoms with van der Waals surface area (Å²) in [6.45, 7) is 5.44. The molecule has 2 saturated heterocycles. The second kappa shape index (κ2) is 12.3. The van der Waals surface area contributed by atoms with E-state index in [-0.39, 0.29) is 29.5 Å². The lowest BCUT2D eigenvalue weighted by Crippen LogP contribution is -2.50. The number of allylic oxidation sites excluding steroid dienone is 2. The number of piperazine rings is 1. The predicted octanol–water partition coefficient (Wildman–Crippen LogP) is 6.13. The number of hydrogen-bond donors (Lipinski definition) is 1. The number of aliphatic imine (C=N–C) groups is 1. The summed E-state index contributed by atoms with van der Waals surface area (Å²) in [6.07, 6.45) is 1.79. The molecular formula is C35H31F4N7O. The molecule has 0 aliphatic carbocycles. The summed E-state index contributed by atoms with van der Waals surface area (Å²) in [5.41, 5.74) is 2.21. The molecule has 8 nitrogen and oxygen atoms in total. The Balaban J connectivity index is 1.21. The summed E-state index contributed by atoms with van der Waals surface area (Å²) < 4.78 is 56.3. The zero-order chi connectivity index (χ0) is 32.7. The summed E-state index contributed by atoms with van der Waals surface area (Å²) in [7, 11) is 0. The third kappa shape index (κ3) is 6.36. The molecule has 7 rings (SSSR count). The molecule has 0 amide bonds. The monoisotopic (exact) mass is 641 g/mol. The summed E-state index contributed by atoms with van der Waals surface area (Å²) in [5.74, 6) is 5.64. The number of rotatable bonds is 5. The number of aromatic nitrogens is 3. The van der Waals surface area contributed by atoms with Gasteiger partial charge in [0.05, 0.1) is 23.4 Å². The molecule has 3 aliphatic rings. The number of benzene rings is 2. The number of fused-ring (bicyclic) bond motifs is 2. The van der Waals surface area contributed by atoms with Gasteiger partial charge in [0.1, 0.15) is 17.2 Å². The van der Waals surface area contributed by atoms with Gasteiger partial charge in [-0.15, -0.1) is 0 Å². The highest BCUT2D eigenvalue weighted by Gasteiger charge is 2.32. The summed E-state index contributed by atoms with van der Waals surface area (Å²) in [5, 5.41) is 3.54. The van der Waals surface area contributed by atoms with Crippen molar-refractivity contribution < 1.29 is 17.6 Å². The maximum absolute atomic E-state index is 15.4. The molecule has 0 radical (unpaired) electrons. The SMILES string of the molecule is CC1=C(C#Cc2cc3cnc(Nc4ccc(N5CCN6CCCC6C5)c(F)c4)nc3n(Cc3ccc(C(F)(F)F)cc3)c2=O)N=CC1. The highest BCUT2D eigenvalue weighted by atomic mass is 19.4. The van der Waals surface area contributed by atoms with Gasteiger partial charge in [-0.1, -0.05) is 18.1 Å². The number of halogens is 4. The van der Waals surface area contributed by atoms with Crippen LogP contribution in [0.15, 0.2) is 75.8 Å². The Hall–Kier alpha value is -5.02. The van der Waals surface area contributed by atoms with Gasteiger partial charge in [-0.3, -0.25) is 19.3 Å². The van der Waals surface area contributed by atoms with Crippen LogP contribution >= 0.6 is 0 Å². The van der Waals surface area contributed by atoms with Crippen molar-refractivity contribution in [1.29, 1.82) is 0 Å². The Morgan fingerprint density at radius 2 is 1.87 bits per heavy atom. The molecule has 47 heavy (non-hydrogen) atoms. The molecule has 2 aromatic carbocycles. The van der Waals surface area contributed by atoms with Crippen LogP contribution in [0, 0.1) is 17.7 Å². The Morgan fingerprint density at radius 3 is 2.62 bits per heavy atom. The molecule has 2 aromatic heterocycles. The molecule has 1 unspecified atom stereocenters. The van der Waals surface area contributed by atoms with Gasteiger partial charge in [-0.25, -0.2) is 9.37 Å². The number of nitrogens with zero attached hydrogens (tertiary/aromatic N) is 6. The Bertz CT molecular complexity index is 2040. The topological polar surface area (TPSA) is 78.7 Å². The predicted molar refractivity (Wildman–Crippen MR) is 174 cm³/mol. The van der Waals surface area contributed by atoms with Crippen LogP contribution in [0.2, 0.25) is 0 Å². The first-order valence-electron chi connectivity index (χ1n) is 15.5. The first-order valence-corrected chi connectivity index (χ1v) is 15.5. The third-order valence-corrected chi connectivity index (χ3v) is 8.92. The normalized spacial score (nSPS) is 18.1. The Kier molecular flexibility index (Phi) is 8.01. The van der Waals surface area contributed by atoms with Crippen molar-refractivity contribution in [2.75, 3.05) is 36.4 Å². The van der Waals surface area contributed by atoms with E-state index in [1.165, 1.54) is 35.4 Å². The minimum atomic E-state index is -4.48. The van der Waals surface area contributed by atoms with E-state index >= 15 is 4.39 Å². The average molecular weight is 642 g/mol. The van der Waals surface area contributed by atoms with Gasteiger partial charge >= 0.3 is 6.18 Å². The number of anilines is 3. The van der Waals surface area contributed by atoms with Crippen molar-refractivity contribution in [2.45, 2.75) is 44.9 Å². The molecule has 3 aliphatic heterocycles. The van der Waals surface area contributed by atoms with Gasteiger partial charge in [0.15, 0.2) is 0 Å². The van der Waals surface area contributed by atoms with Gasteiger partial charge in [0, 0.05) is 55.6 Å². The summed E-state index contributed by atoms with van der Waals surface area (Å²) >= 11 is 0. The summed E-state index contributed by atoms with van der Waals surface area (Å²) in [6, 6.07) is 11.6. The van der Waals surface area contributed by atoms with Gasteiger partial charge in [0.25, 0.3) is 5.56 Å². The van der Waals surface area contributed by atoms with E-state index in [1.54, 1.807) is 24.4 Å². The molecular weight excluding hydrogens is 610 g/mol. The average Bonchev–Trinajstić information content (AvgIpc) is 3.69. The molecule has 12 heteroatoms. The number of hydrogen-bond acceptors (Lipinski definition) is 7. The van der Waals surface area contributed by atoms with Gasteiger partial charge in [-0.05, 0) is 79.8 Å². The van der Waals surface area contributed by atoms with E-state index in [9.17, 15) is 18.0 Å². The smallest absolute Gasteiger partial charge is 0.366 e. The lowest BCUT2D eigenvalue weighted by molar-refractivity contribution is -0.137. The fourth-order valence-corrected chi connectivity index (χ4v) is 6.36. The van der Waals surface area contributed by atoms with E-state index in [2.05, 4.69) is 41.9 Å². The molecule has 1 N–H and O–H groups in total. The minimum absolute atomic E-state index is 0.0586. The number of alkyl halides is 3. The maximum Gasteiger partial charge on any atom is 0.416 e. The van der Waals surface area contributed by atoms with Crippen LogP contribution in [0.3, 0.4) is 0 Å². The van der Waals surface area contributed by atoms with E-state index in [0.29, 0.717) is 40.5 Å². The Morgan fingerprint density at radius 1 is 1.04 bits per heavy atom. The molecule has 4 aromatic rings. The van der Waals surface area contributed by atoms with Crippen LogP contribution in [0.1, 0.15) is 42.9 Å². The molecule has 0 spiro atoms. The van der Waals surface area contributed by atoms with Crippen molar-refractivity contribution >= 4 is 34.6 Å². The van der Waals surface area contributed by atoms with E-state index in [4.69, 9.17) is 0 Å². The van der Waals surface area contributed by atoms with Crippen LogP contribution in [0.4, 0.5) is 34.9 Å². The molecule has 240 valence electrons. The second-order valence-electron chi connectivity index (χ2n) is 12.1. The highest BCUT2D eigenvalue weighted by molar-refractivity contribution is 5.78. The number of nitrogens with one attached hydrogen (secondary N) is 1. The van der Waals surface area contributed by atoms with E-state index < -0.39 is 17.3 Å². The first-order chi connectivity index (χ1) is 22.6. The number of pyridine rings is 1. The van der Waals surface area contributed by atoms with E-state index in [0.717, 1.165) is 50.3 Å². The van der Waals surface area contributed by atoms with Crippen LogP contribution in [0.5, 0.6) is 0 Å². The quantitative estimate of drug-likeness (QED) is 0.209. The molecule has 0 bridgehead atoms. The second-order valence-corrected chi connectivity index (χ2v) is 12.1. The minimum Gasteiger partial charge on any atom is -0.366 e. The van der Waals surface area contributed by atoms with Crippen LogP contribution in [-0.4, -0.2) is 57.9 Å². The fraction of sp³-hybridized carbons (Fsp3) is 0.314. The van der Waals surface area contributed by atoms with Gasteiger partial charge < -0.3 is 10.2 Å². The zero-order valence-corrected chi connectivity index (χ0v) is 25.6. The largest absolute Gasteiger partial charge is 0.416 e. The van der Waals surface area contributed by atoms with Crippen molar-refractivity contribution in [2.24, 2.45) is 4.99 Å². The van der Waals surface area contributed by atoms with Crippen molar-refractivity contribution in [1.82, 2.24) is 19.4 Å². The van der Waals surface area contributed by atoms with Crippen LogP contribution in [-0.2, 0) is 12.7 Å². The zero-order valence-electron chi connectivity index (χ0n) is 25.6.